The second-order valence-electron chi connectivity index (χ2n) is 4.65. The van der Waals surface area contributed by atoms with Crippen LogP contribution in [0, 0.1) is 5.82 Å². The summed E-state index contributed by atoms with van der Waals surface area (Å²) in [6.45, 7) is 0.432. The molecule has 0 saturated heterocycles. The molecule has 3 aromatic rings. The fraction of sp³-hybridized carbons (Fsp3) is 0.0588. The summed E-state index contributed by atoms with van der Waals surface area (Å²) < 4.78 is 13.7. The summed E-state index contributed by atoms with van der Waals surface area (Å²) in [5, 5.41) is 6.00. The summed E-state index contributed by atoms with van der Waals surface area (Å²) in [5.41, 5.74) is 1.57. The monoisotopic (exact) mass is 285 g/mol. The Morgan fingerprint density at radius 2 is 1.70 bits per heavy atom. The summed E-state index contributed by atoms with van der Waals surface area (Å²) >= 11 is 5.74. The van der Waals surface area contributed by atoms with Gasteiger partial charge in [-0.1, -0.05) is 48.0 Å². The highest BCUT2D eigenvalue weighted by Gasteiger charge is 2.03. The SMILES string of the molecule is Fc1cc(Cl)ccc1CNc1ccc2ccccc2c1. The largest absolute Gasteiger partial charge is 0.381 e. The summed E-state index contributed by atoms with van der Waals surface area (Å²) in [7, 11) is 0. The Morgan fingerprint density at radius 3 is 2.50 bits per heavy atom. The number of halogens is 2. The molecule has 0 unspecified atom stereocenters. The zero-order valence-electron chi connectivity index (χ0n) is 10.7. The lowest BCUT2D eigenvalue weighted by Crippen LogP contribution is -2.01. The van der Waals surface area contributed by atoms with E-state index in [9.17, 15) is 4.39 Å². The third-order valence-corrected chi connectivity index (χ3v) is 3.48. The smallest absolute Gasteiger partial charge is 0.129 e. The van der Waals surface area contributed by atoms with Gasteiger partial charge >= 0.3 is 0 Å². The van der Waals surface area contributed by atoms with Gasteiger partial charge < -0.3 is 5.32 Å². The van der Waals surface area contributed by atoms with Crippen LogP contribution >= 0.6 is 11.6 Å². The maximum atomic E-state index is 13.7. The third kappa shape index (κ3) is 2.75. The fourth-order valence-corrected chi connectivity index (χ4v) is 2.32. The van der Waals surface area contributed by atoms with E-state index in [0.29, 0.717) is 17.1 Å². The molecule has 0 amide bonds. The van der Waals surface area contributed by atoms with Gasteiger partial charge in [0.25, 0.3) is 0 Å². The van der Waals surface area contributed by atoms with Crippen molar-refractivity contribution in [2.75, 3.05) is 5.32 Å². The molecule has 3 rings (SSSR count). The molecule has 0 radical (unpaired) electrons. The van der Waals surface area contributed by atoms with Gasteiger partial charge in [-0.25, -0.2) is 4.39 Å². The molecule has 100 valence electrons. The van der Waals surface area contributed by atoms with E-state index in [-0.39, 0.29) is 5.82 Å². The van der Waals surface area contributed by atoms with E-state index in [2.05, 4.69) is 29.6 Å². The van der Waals surface area contributed by atoms with Gasteiger partial charge in [0.05, 0.1) is 0 Å². The third-order valence-electron chi connectivity index (χ3n) is 3.25. The predicted octanol–water partition coefficient (Wildman–Crippen LogP) is 5.24. The van der Waals surface area contributed by atoms with E-state index in [1.807, 2.05) is 18.2 Å². The Kier molecular flexibility index (Phi) is 3.57. The van der Waals surface area contributed by atoms with E-state index in [0.717, 1.165) is 11.1 Å². The number of nitrogens with one attached hydrogen (secondary N) is 1. The highest BCUT2D eigenvalue weighted by Crippen LogP contribution is 2.20. The number of hydrogen-bond donors (Lipinski definition) is 1. The van der Waals surface area contributed by atoms with Crippen molar-refractivity contribution in [2.24, 2.45) is 0 Å². The number of fused-ring (bicyclic) bond motifs is 1. The molecule has 0 fully saturated rings. The van der Waals surface area contributed by atoms with E-state index >= 15 is 0 Å². The average molecular weight is 286 g/mol. The van der Waals surface area contributed by atoms with Crippen LogP contribution in [0.4, 0.5) is 10.1 Å². The lowest BCUT2D eigenvalue weighted by molar-refractivity contribution is 0.613. The highest BCUT2D eigenvalue weighted by molar-refractivity contribution is 6.30. The Hall–Kier alpha value is -2.06. The number of anilines is 1. The van der Waals surface area contributed by atoms with Crippen LogP contribution in [0.2, 0.25) is 5.02 Å². The first kappa shape index (κ1) is 12.9. The lowest BCUT2D eigenvalue weighted by Gasteiger charge is -2.09. The molecular weight excluding hydrogens is 273 g/mol. The maximum Gasteiger partial charge on any atom is 0.129 e. The standard InChI is InChI=1S/C17H13ClFN/c18-15-7-5-14(17(19)10-15)11-20-16-8-6-12-3-1-2-4-13(12)9-16/h1-10,20H,11H2. The molecule has 0 aliphatic rings. The summed E-state index contributed by atoms with van der Waals surface area (Å²) in [6, 6.07) is 19.0. The maximum absolute atomic E-state index is 13.7. The zero-order valence-corrected chi connectivity index (χ0v) is 11.5. The van der Waals surface area contributed by atoms with Gasteiger partial charge in [-0.3, -0.25) is 0 Å². The molecule has 0 saturated carbocycles. The Bertz CT molecular complexity index is 755. The molecule has 0 aromatic heterocycles. The second-order valence-corrected chi connectivity index (χ2v) is 5.09. The highest BCUT2D eigenvalue weighted by atomic mass is 35.5. The van der Waals surface area contributed by atoms with Crippen LogP contribution < -0.4 is 5.32 Å². The molecule has 0 aliphatic carbocycles. The van der Waals surface area contributed by atoms with Crippen LogP contribution in [0.15, 0.2) is 60.7 Å². The minimum atomic E-state index is -0.286. The van der Waals surface area contributed by atoms with Crippen LogP contribution in [-0.2, 0) is 6.54 Å². The van der Waals surface area contributed by atoms with Crippen LogP contribution in [-0.4, -0.2) is 0 Å². The van der Waals surface area contributed by atoms with Gasteiger partial charge in [0.15, 0.2) is 0 Å². The van der Waals surface area contributed by atoms with E-state index in [4.69, 9.17) is 11.6 Å². The molecule has 0 spiro atoms. The van der Waals surface area contributed by atoms with Crippen LogP contribution in [0.25, 0.3) is 10.8 Å². The lowest BCUT2D eigenvalue weighted by atomic mass is 10.1. The number of hydrogen-bond acceptors (Lipinski definition) is 1. The van der Waals surface area contributed by atoms with Crippen molar-refractivity contribution in [1.82, 2.24) is 0 Å². The minimum absolute atomic E-state index is 0.286. The normalized spacial score (nSPS) is 10.7. The average Bonchev–Trinajstić information content (AvgIpc) is 2.46. The van der Waals surface area contributed by atoms with Crippen molar-refractivity contribution >= 4 is 28.1 Å². The molecular formula is C17H13ClFN. The summed E-state index contributed by atoms with van der Waals surface area (Å²) in [4.78, 5) is 0. The number of rotatable bonds is 3. The van der Waals surface area contributed by atoms with Crippen LogP contribution in [0.1, 0.15) is 5.56 Å². The summed E-state index contributed by atoms with van der Waals surface area (Å²) in [6.07, 6.45) is 0. The molecule has 1 nitrogen and oxygen atoms in total. The van der Waals surface area contributed by atoms with E-state index in [1.165, 1.54) is 11.5 Å². The second kappa shape index (κ2) is 5.51. The molecule has 0 heterocycles. The first-order valence-electron chi connectivity index (χ1n) is 6.39. The Balaban J connectivity index is 1.79. The van der Waals surface area contributed by atoms with Gasteiger partial charge in [-0.15, -0.1) is 0 Å². The van der Waals surface area contributed by atoms with Crippen molar-refractivity contribution in [3.8, 4) is 0 Å². The molecule has 3 heteroatoms. The van der Waals surface area contributed by atoms with Crippen molar-refractivity contribution in [3.05, 3.63) is 77.1 Å². The minimum Gasteiger partial charge on any atom is -0.381 e. The van der Waals surface area contributed by atoms with Crippen LogP contribution in [0.3, 0.4) is 0 Å². The molecule has 0 bridgehead atoms. The number of benzene rings is 3. The van der Waals surface area contributed by atoms with Crippen molar-refractivity contribution in [2.45, 2.75) is 6.54 Å². The molecule has 0 atom stereocenters. The van der Waals surface area contributed by atoms with Crippen molar-refractivity contribution in [1.29, 1.82) is 0 Å². The topological polar surface area (TPSA) is 12.0 Å². The Labute approximate surface area is 122 Å². The van der Waals surface area contributed by atoms with Gasteiger partial charge in [-0.2, -0.15) is 0 Å². The van der Waals surface area contributed by atoms with Crippen molar-refractivity contribution < 1.29 is 4.39 Å². The van der Waals surface area contributed by atoms with Crippen molar-refractivity contribution in [3.63, 3.8) is 0 Å². The fourth-order valence-electron chi connectivity index (χ4n) is 2.16. The molecule has 0 aliphatic heterocycles. The Morgan fingerprint density at radius 1 is 0.900 bits per heavy atom. The quantitative estimate of drug-likeness (QED) is 0.693. The summed E-state index contributed by atoms with van der Waals surface area (Å²) in [5.74, 6) is -0.286. The molecule has 3 aromatic carbocycles. The van der Waals surface area contributed by atoms with Crippen LogP contribution in [0.5, 0.6) is 0 Å². The van der Waals surface area contributed by atoms with E-state index < -0.39 is 0 Å². The predicted molar refractivity (Wildman–Crippen MR) is 82.7 cm³/mol. The zero-order chi connectivity index (χ0) is 13.9. The van der Waals surface area contributed by atoms with Gasteiger partial charge in [0, 0.05) is 22.8 Å². The molecule has 20 heavy (non-hydrogen) atoms. The first-order valence-corrected chi connectivity index (χ1v) is 6.77. The van der Waals surface area contributed by atoms with Gasteiger partial charge in [-0.05, 0) is 35.0 Å². The first-order chi connectivity index (χ1) is 9.72. The van der Waals surface area contributed by atoms with Gasteiger partial charge in [0.1, 0.15) is 5.82 Å². The molecule has 1 N–H and O–H groups in total. The van der Waals surface area contributed by atoms with Gasteiger partial charge in [0.2, 0.25) is 0 Å². The van der Waals surface area contributed by atoms with E-state index in [1.54, 1.807) is 12.1 Å².